The van der Waals surface area contributed by atoms with E-state index in [0.29, 0.717) is 0 Å². The third-order valence-corrected chi connectivity index (χ3v) is 3.58. The second-order valence-electron chi connectivity index (χ2n) is 5.35. The Hall–Kier alpha value is -0.0800. The van der Waals surface area contributed by atoms with Gasteiger partial charge in [-0.15, -0.1) is 0 Å². The van der Waals surface area contributed by atoms with Crippen molar-refractivity contribution in [1.82, 2.24) is 10.2 Å². The molecule has 2 nitrogen and oxygen atoms in total. The lowest BCUT2D eigenvalue weighted by Gasteiger charge is -2.23. The smallest absolute Gasteiger partial charge is 0.00385 e. The third kappa shape index (κ3) is 9.90. The van der Waals surface area contributed by atoms with Gasteiger partial charge in [0.05, 0.1) is 0 Å². The van der Waals surface area contributed by atoms with Gasteiger partial charge in [-0.3, -0.25) is 0 Å². The second-order valence-corrected chi connectivity index (χ2v) is 5.35. The molecule has 2 fully saturated rings. The highest BCUT2D eigenvalue weighted by Gasteiger charge is 2.10. The van der Waals surface area contributed by atoms with Gasteiger partial charge in [0.15, 0.2) is 0 Å². The van der Waals surface area contributed by atoms with Crippen LogP contribution in [0, 0.1) is 0 Å². The topological polar surface area (TPSA) is 15.3 Å². The molecule has 2 heterocycles. The van der Waals surface area contributed by atoms with Crippen molar-refractivity contribution in [1.29, 1.82) is 0 Å². The standard InChI is InChI=1S/C9H19N.C5H11N.C2H6/c1-9(2)10-7-5-3-4-6-8-10;1-2-4-6-5-3-1;1-2/h9H,3-8H2,1-2H3;6H,1-5H2;1-2H3. The minimum atomic E-state index is 0.762. The molecule has 0 saturated carbocycles. The highest BCUT2D eigenvalue weighted by atomic mass is 15.1. The van der Waals surface area contributed by atoms with Crippen molar-refractivity contribution in [3.63, 3.8) is 0 Å². The lowest BCUT2D eigenvalue weighted by atomic mass is 10.2. The molecule has 2 saturated heterocycles. The zero-order chi connectivity index (χ0) is 13.6. The molecule has 110 valence electrons. The van der Waals surface area contributed by atoms with Crippen molar-refractivity contribution in [2.45, 2.75) is 78.7 Å². The number of nitrogens with one attached hydrogen (secondary N) is 1. The monoisotopic (exact) mass is 256 g/mol. The van der Waals surface area contributed by atoms with E-state index < -0.39 is 0 Å². The molecular weight excluding hydrogens is 220 g/mol. The predicted octanol–water partition coefficient (Wildman–Crippen LogP) is 4.06. The van der Waals surface area contributed by atoms with Crippen molar-refractivity contribution in [2.75, 3.05) is 26.2 Å². The molecule has 0 spiro atoms. The molecule has 0 radical (unpaired) electrons. The molecule has 0 aromatic heterocycles. The van der Waals surface area contributed by atoms with E-state index in [4.69, 9.17) is 0 Å². The number of piperidine rings is 1. The molecule has 18 heavy (non-hydrogen) atoms. The molecular formula is C16H36N2. The van der Waals surface area contributed by atoms with Gasteiger partial charge in [0.2, 0.25) is 0 Å². The summed E-state index contributed by atoms with van der Waals surface area (Å²) in [5.41, 5.74) is 0. The van der Waals surface area contributed by atoms with E-state index in [1.165, 1.54) is 71.1 Å². The SMILES string of the molecule is C1CCNCC1.CC.CC(C)N1CCCCCC1. The molecule has 2 aliphatic heterocycles. The summed E-state index contributed by atoms with van der Waals surface area (Å²) >= 11 is 0. The molecule has 2 aliphatic rings. The summed E-state index contributed by atoms with van der Waals surface area (Å²) in [5.74, 6) is 0. The Morgan fingerprint density at radius 1 is 0.722 bits per heavy atom. The maximum Gasteiger partial charge on any atom is 0.00385 e. The van der Waals surface area contributed by atoms with E-state index in [-0.39, 0.29) is 0 Å². The Labute approximate surface area is 116 Å². The summed E-state index contributed by atoms with van der Waals surface area (Å²) in [6, 6.07) is 0.762. The molecule has 2 heteroatoms. The fourth-order valence-electron chi connectivity index (χ4n) is 2.41. The van der Waals surface area contributed by atoms with Crippen LogP contribution < -0.4 is 5.32 Å². The van der Waals surface area contributed by atoms with Gasteiger partial charge in [0, 0.05) is 6.04 Å². The van der Waals surface area contributed by atoms with Crippen LogP contribution in [0.4, 0.5) is 0 Å². The maximum atomic E-state index is 3.28. The Morgan fingerprint density at radius 2 is 1.17 bits per heavy atom. The van der Waals surface area contributed by atoms with Gasteiger partial charge in [0.1, 0.15) is 0 Å². The van der Waals surface area contributed by atoms with E-state index in [1.807, 2.05) is 13.8 Å². The van der Waals surface area contributed by atoms with Gasteiger partial charge in [-0.1, -0.05) is 33.1 Å². The van der Waals surface area contributed by atoms with Crippen molar-refractivity contribution in [2.24, 2.45) is 0 Å². The molecule has 0 amide bonds. The van der Waals surface area contributed by atoms with E-state index in [1.54, 1.807) is 0 Å². The summed E-state index contributed by atoms with van der Waals surface area (Å²) in [6.07, 6.45) is 9.94. The van der Waals surface area contributed by atoms with Gasteiger partial charge in [0.25, 0.3) is 0 Å². The van der Waals surface area contributed by atoms with Gasteiger partial charge in [-0.25, -0.2) is 0 Å². The Balaban J connectivity index is 0.000000308. The van der Waals surface area contributed by atoms with Gasteiger partial charge in [-0.2, -0.15) is 0 Å². The Kier molecular flexibility index (Phi) is 13.3. The number of nitrogens with zero attached hydrogens (tertiary/aromatic N) is 1. The van der Waals surface area contributed by atoms with Crippen LogP contribution in [0.3, 0.4) is 0 Å². The van der Waals surface area contributed by atoms with Gasteiger partial charge >= 0.3 is 0 Å². The molecule has 0 aromatic rings. The number of hydrogen-bond acceptors (Lipinski definition) is 2. The van der Waals surface area contributed by atoms with Crippen molar-refractivity contribution in [3.8, 4) is 0 Å². The van der Waals surface area contributed by atoms with Gasteiger partial charge < -0.3 is 10.2 Å². The van der Waals surface area contributed by atoms with Crippen LogP contribution in [0.2, 0.25) is 0 Å². The van der Waals surface area contributed by atoms with E-state index >= 15 is 0 Å². The molecule has 2 rings (SSSR count). The zero-order valence-corrected chi connectivity index (χ0v) is 13.3. The van der Waals surface area contributed by atoms with E-state index in [0.717, 1.165) is 6.04 Å². The Bertz CT molecular complexity index is 134. The predicted molar refractivity (Wildman–Crippen MR) is 83.2 cm³/mol. The van der Waals surface area contributed by atoms with Gasteiger partial charge in [-0.05, 0) is 65.7 Å². The number of rotatable bonds is 1. The summed E-state index contributed by atoms with van der Waals surface area (Å²) < 4.78 is 0. The van der Waals surface area contributed by atoms with Crippen LogP contribution in [0.25, 0.3) is 0 Å². The summed E-state index contributed by atoms with van der Waals surface area (Å²) in [6.45, 7) is 13.8. The van der Waals surface area contributed by atoms with Crippen molar-refractivity contribution < 1.29 is 0 Å². The average Bonchev–Trinajstić information content (AvgIpc) is 2.73. The van der Waals surface area contributed by atoms with Crippen LogP contribution in [-0.2, 0) is 0 Å². The Morgan fingerprint density at radius 3 is 1.44 bits per heavy atom. The fraction of sp³-hybridized carbons (Fsp3) is 1.00. The maximum absolute atomic E-state index is 3.28. The number of likely N-dealkylation sites (tertiary alicyclic amines) is 1. The van der Waals surface area contributed by atoms with Crippen molar-refractivity contribution in [3.05, 3.63) is 0 Å². The van der Waals surface area contributed by atoms with Crippen LogP contribution in [0.1, 0.15) is 72.6 Å². The first kappa shape index (κ1) is 17.9. The minimum absolute atomic E-state index is 0.762. The molecule has 0 aromatic carbocycles. The molecule has 0 aliphatic carbocycles. The third-order valence-electron chi connectivity index (χ3n) is 3.58. The van der Waals surface area contributed by atoms with E-state index in [9.17, 15) is 0 Å². The quantitative estimate of drug-likeness (QED) is 0.761. The zero-order valence-electron chi connectivity index (χ0n) is 13.3. The molecule has 0 atom stereocenters. The van der Waals surface area contributed by atoms with Crippen molar-refractivity contribution >= 4 is 0 Å². The molecule has 1 N–H and O–H groups in total. The van der Waals surface area contributed by atoms with E-state index in [2.05, 4.69) is 24.1 Å². The fourth-order valence-corrected chi connectivity index (χ4v) is 2.41. The van der Waals surface area contributed by atoms with Crippen LogP contribution in [0.15, 0.2) is 0 Å². The van der Waals surface area contributed by atoms with Crippen LogP contribution in [0.5, 0.6) is 0 Å². The normalized spacial score (nSPS) is 21.2. The summed E-state index contributed by atoms with van der Waals surface area (Å²) in [4.78, 5) is 2.59. The average molecular weight is 256 g/mol. The molecule has 0 bridgehead atoms. The summed E-state index contributed by atoms with van der Waals surface area (Å²) in [5, 5.41) is 3.28. The number of hydrogen-bond donors (Lipinski definition) is 1. The lowest BCUT2D eigenvalue weighted by Crippen LogP contribution is -2.31. The first-order chi connectivity index (χ1) is 8.80. The first-order valence-electron chi connectivity index (χ1n) is 8.25. The molecule has 0 unspecified atom stereocenters. The lowest BCUT2D eigenvalue weighted by molar-refractivity contribution is 0.231. The van der Waals surface area contributed by atoms with Crippen LogP contribution in [-0.4, -0.2) is 37.1 Å². The van der Waals surface area contributed by atoms with Crippen LogP contribution >= 0.6 is 0 Å². The minimum Gasteiger partial charge on any atom is -0.317 e. The second kappa shape index (κ2) is 13.4. The summed E-state index contributed by atoms with van der Waals surface area (Å²) in [7, 11) is 0. The highest BCUT2D eigenvalue weighted by Crippen LogP contribution is 2.11. The largest absolute Gasteiger partial charge is 0.317 e. The first-order valence-corrected chi connectivity index (χ1v) is 8.25. The highest BCUT2D eigenvalue weighted by molar-refractivity contribution is 4.66.